The van der Waals surface area contributed by atoms with E-state index in [0.717, 1.165) is 6.42 Å². The lowest BCUT2D eigenvalue weighted by Gasteiger charge is -2.16. The van der Waals surface area contributed by atoms with Gasteiger partial charge in [0.1, 0.15) is 0 Å². The van der Waals surface area contributed by atoms with Crippen molar-refractivity contribution >= 4 is 5.97 Å². The molecule has 0 aromatic heterocycles. The number of ether oxygens (including phenoxy) is 1. The fraction of sp³-hybridized carbons (Fsp3) is 0.737. The van der Waals surface area contributed by atoms with Crippen LogP contribution in [0.25, 0.3) is 0 Å². The normalized spacial score (nSPS) is 16.3. The van der Waals surface area contributed by atoms with Gasteiger partial charge in [-0.1, -0.05) is 24.3 Å². The first-order chi connectivity index (χ1) is 11.7. The Hall–Kier alpha value is -1.21. The summed E-state index contributed by atoms with van der Waals surface area (Å²) in [6, 6.07) is 0. The van der Waals surface area contributed by atoms with E-state index in [9.17, 15) is 15.0 Å². The number of carbonyl (C=O) groups is 1. The second-order valence-corrected chi connectivity index (χ2v) is 7.18. The van der Waals surface area contributed by atoms with Crippen molar-refractivity contribution in [3.63, 3.8) is 0 Å². The summed E-state index contributed by atoms with van der Waals surface area (Å²) in [7, 11) is 0. The maximum Gasteiger partial charge on any atom is 0.311 e. The van der Waals surface area contributed by atoms with Crippen molar-refractivity contribution < 1.29 is 30.0 Å². The third kappa shape index (κ3) is 13.7. The first-order valence-corrected chi connectivity index (χ1v) is 8.82. The van der Waals surface area contributed by atoms with Crippen LogP contribution in [0.15, 0.2) is 24.3 Å². The Morgan fingerprint density at radius 1 is 1.00 bits per heavy atom. The molecule has 0 bridgehead atoms. The van der Waals surface area contributed by atoms with Gasteiger partial charge in [0.25, 0.3) is 0 Å². The van der Waals surface area contributed by atoms with Crippen molar-refractivity contribution in [2.24, 2.45) is 5.41 Å². The van der Waals surface area contributed by atoms with Gasteiger partial charge in [-0.2, -0.15) is 0 Å². The van der Waals surface area contributed by atoms with E-state index in [1.54, 1.807) is 24.3 Å². The van der Waals surface area contributed by atoms with E-state index < -0.39 is 23.7 Å². The summed E-state index contributed by atoms with van der Waals surface area (Å²) >= 11 is 0. The molecule has 3 atom stereocenters. The highest BCUT2D eigenvalue weighted by Crippen LogP contribution is 2.15. The van der Waals surface area contributed by atoms with Crippen LogP contribution < -0.4 is 0 Å². The molecule has 146 valence electrons. The summed E-state index contributed by atoms with van der Waals surface area (Å²) in [5, 5.41) is 37.3. The molecule has 0 unspecified atom stereocenters. The van der Waals surface area contributed by atoms with Crippen LogP contribution in [0, 0.1) is 5.41 Å². The Morgan fingerprint density at radius 3 is 2.20 bits per heavy atom. The molecule has 0 radical (unpaired) electrons. The lowest BCUT2D eigenvalue weighted by molar-refractivity contribution is -0.153. The number of unbranched alkanes of at least 4 members (excludes halogenated alkanes) is 1. The second kappa shape index (κ2) is 13.1. The fourth-order valence-electron chi connectivity index (χ4n) is 1.85. The van der Waals surface area contributed by atoms with Crippen LogP contribution in [0.1, 0.15) is 52.9 Å². The highest BCUT2D eigenvalue weighted by molar-refractivity contribution is 5.75. The van der Waals surface area contributed by atoms with E-state index in [-0.39, 0.29) is 12.6 Å². The van der Waals surface area contributed by atoms with Crippen molar-refractivity contribution in [3.8, 4) is 0 Å². The number of hydrogen-bond acceptors (Lipinski definition) is 6. The molecule has 0 aliphatic heterocycles. The van der Waals surface area contributed by atoms with E-state index in [1.807, 2.05) is 20.8 Å². The van der Waals surface area contributed by atoms with Gasteiger partial charge >= 0.3 is 5.97 Å². The van der Waals surface area contributed by atoms with Gasteiger partial charge in [0.15, 0.2) is 0 Å². The van der Waals surface area contributed by atoms with E-state index in [2.05, 4.69) is 0 Å². The largest absolute Gasteiger partial charge is 0.465 e. The second-order valence-electron chi connectivity index (χ2n) is 7.18. The van der Waals surface area contributed by atoms with E-state index >= 15 is 0 Å². The Balaban J connectivity index is 3.79. The summed E-state index contributed by atoms with van der Waals surface area (Å²) in [5.74, 6) is -0.221. The first-order valence-electron chi connectivity index (χ1n) is 8.82. The zero-order chi connectivity index (χ0) is 19.3. The molecule has 4 N–H and O–H groups in total. The van der Waals surface area contributed by atoms with E-state index in [4.69, 9.17) is 14.9 Å². The van der Waals surface area contributed by atoms with Crippen LogP contribution in [-0.2, 0) is 9.53 Å². The van der Waals surface area contributed by atoms with Crippen molar-refractivity contribution in [2.75, 3.05) is 13.2 Å². The molecule has 0 fully saturated rings. The highest BCUT2D eigenvalue weighted by Gasteiger charge is 2.22. The molecule has 0 aromatic rings. The number of aliphatic hydroxyl groups excluding tert-OH is 4. The minimum Gasteiger partial charge on any atom is -0.465 e. The molecule has 0 heterocycles. The predicted molar refractivity (Wildman–Crippen MR) is 96.9 cm³/mol. The molecule has 0 rings (SSSR count). The van der Waals surface area contributed by atoms with Gasteiger partial charge in [-0.15, -0.1) is 0 Å². The summed E-state index contributed by atoms with van der Waals surface area (Å²) in [4.78, 5) is 11.6. The van der Waals surface area contributed by atoms with Crippen molar-refractivity contribution in [2.45, 2.75) is 71.2 Å². The van der Waals surface area contributed by atoms with Gasteiger partial charge < -0.3 is 25.2 Å². The van der Waals surface area contributed by atoms with Crippen molar-refractivity contribution in [1.29, 1.82) is 0 Å². The summed E-state index contributed by atoms with van der Waals surface area (Å²) in [5.41, 5.74) is -0.492. The third-order valence-corrected chi connectivity index (χ3v) is 3.45. The average Bonchev–Trinajstić information content (AvgIpc) is 2.53. The number of hydrogen-bond donors (Lipinski definition) is 4. The molecule has 0 aromatic carbocycles. The molecule has 6 nitrogen and oxygen atoms in total. The van der Waals surface area contributed by atoms with Gasteiger partial charge in [-0.05, 0) is 52.9 Å². The number of rotatable bonds is 12. The molecule has 0 saturated carbocycles. The predicted octanol–water partition coefficient (Wildman–Crippen LogP) is 1.71. The highest BCUT2D eigenvalue weighted by atomic mass is 16.5. The van der Waals surface area contributed by atoms with Gasteiger partial charge in [-0.25, -0.2) is 0 Å². The molecular weight excluding hydrogens is 324 g/mol. The number of carbonyl (C=O) groups excluding carboxylic acids is 1. The quantitative estimate of drug-likeness (QED) is 0.240. The van der Waals surface area contributed by atoms with Gasteiger partial charge in [0, 0.05) is 0 Å². The Bertz CT molecular complexity index is 411. The average molecular weight is 358 g/mol. The monoisotopic (exact) mass is 358 g/mol. The summed E-state index contributed by atoms with van der Waals surface area (Å²) < 4.78 is 5.15. The summed E-state index contributed by atoms with van der Waals surface area (Å²) in [6.45, 7) is 5.48. The van der Waals surface area contributed by atoms with E-state index in [1.165, 1.54) is 0 Å². The zero-order valence-electron chi connectivity index (χ0n) is 15.6. The van der Waals surface area contributed by atoms with Gasteiger partial charge in [0.05, 0.1) is 36.9 Å². The fourth-order valence-corrected chi connectivity index (χ4v) is 1.85. The van der Waals surface area contributed by atoms with Crippen molar-refractivity contribution in [1.82, 2.24) is 0 Å². The smallest absolute Gasteiger partial charge is 0.311 e. The minimum absolute atomic E-state index is 0.221. The Morgan fingerprint density at radius 2 is 1.60 bits per heavy atom. The van der Waals surface area contributed by atoms with Crippen LogP contribution >= 0.6 is 0 Å². The van der Waals surface area contributed by atoms with Gasteiger partial charge in [0.2, 0.25) is 0 Å². The van der Waals surface area contributed by atoms with Gasteiger partial charge in [-0.3, -0.25) is 4.79 Å². The van der Waals surface area contributed by atoms with Crippen LogP contribution in [0.4, 0.5) is 0 Å². The molecule has 0 saturated heterocycles. The van der Waals surface area contributed by atoms with Crippen molar-refractivity contribution in [3.05, 3.63) is 24.3 Å². The lowest BCUT2D eigenvalue weighted by Crippen LogP contribution is -2.23. The topological polar surface area (TPSA) is 107 Å². The van der Waals surface area contributed by atoms with Crippen LogP contribution in [0.2, 0.25) is 0 Å². The molecule has 0 aliphatic carbocycles. The lowest BCUT2D eigenvalue weighted by atomic mass is 9.97. The summed E-state index contributed by atoms with van der Waals surface area (Å²) in [6.07, 6.45) is 7.11. The maximum atomic E-state index is 11.6. The maximum absolute atomic E-state index is 11.6. The zero-order valence-corrected chi connectivity index (χ0v) is 15.6. The molecule has 0 spiro atoms. The Labute approximate surface area is 150 Å². The third-order valence-electron chi connectivity index (χ3n) is 3.45. The number of aliphatic hydroxyl groups is 4. The molecule has 6 heteroatoms. The molecular formula is C19H34O6. The minimum atomic E-state index is -0.802. The molecule has 0 aliphatic rings. The van der Waals surface area contributed by atoms with Crippen LogP contribution in [-0.4, -0.2) is 57.9 Å². The molecule has 25 heavy (non-hydrogen) atoms. The van der Waals surface area contributed by atoms with Crippen LogP contribution in [0.5, 0.6) is 0 Å². The van der Waals surface area contributed by atoms with Crippen LogP contribution in [0.3, 0.4) is 0 Å². The standard InChI is InChI=1S/C19H34O6/c1-19(2,3)18(24)25-13-5-4-8-15(21)9-6-10-16(22)11-7-12-17(23)14-20/h6-7,9,11,15-17,20-23H,4-5,8,10,12-14H2,1-3H3/b9-6+,11-7+/t15-,16+,17-/m1/s1. The Kier molecular flexibility index (Phi) is 12.4. The first kappa shape index (κ1) is 23.8. The number of esters is 1. The molecule has 0 amide bonds. The van der Waals surface area contributed by atoms with E-state index in [0.29, 0.717) is 32.3 Å². The SMILES string of the molecule is CC(C)(C)C(=O)OCCCC[C@@H](O)/C=C/C[C@H](O)/C=C/C[C@@H](O)CO.